The van der Waals surface area contributed by atoms with E-state index in [9.17, 15) is 0 Å². The van der Waals surface area contributed by atoms with Gasteiger partial charge in [-0.05, 0) is 18.6 Å². The van der Waals surface area contributed by atoms with Crippen molar-refractivity contribution in [2.75, 3.05) is 32.7 Å². The smallest absolute Gasteiger partial charge is 0.162 e. The van der Waals surface area contributed by atoms with Crippen LogP contribution in [0.1, 0.15) is 6.42 Å². The van der Waals surface area contributed by atoms with E-state index < -0.39 is 0 Å². The molecule has 16 heavy (non-hydrogen) atoms. The van der Waals surface area contributed by atoms with Gasteiger partial charge in [-0.1, -0.05) is 6.08 Å². The molecule has 0 amide bonds. The first-order valence-electron chi connectivity index (χ1n) is 5.27. The Kier molecular flexibility index (Phi) is 4.70. The number of rotatable bonds is 6. The highest BCUT2D eigenvalue weighted by Crippen LogP contribution is 2.30. The first-order valence-corrected chi connectivity index (χ1v) is 5.27. The molecule has 1 rings (SSSR count). The zero-order chi connectivity index (χ0) is 12.0. The molecule has 1 aromatic rings. The molecule has 0 fully saturated rings. The summed E-state index contributed by atoms with van der Waals surface area (Å²) in [5, 5.41) is 0. The van der Waals surface area contributed by atoms with Gasteiger partial charge in [0.15, 0.2) is 11.5 Å². The van der Waals surface area contributed by atoms with Crippen molar-refractivity contribution in [3.63, 3.8) is 0 Å². The zero-order valence-corrected chi connectivity index (χ0v) is 10.2. The van der Waals surface area contributed by atoms with Gasteiger partial charge < -0.3 is 14.4 Å². The molecule has 0 radical (unpaired) electrons. The van der Waals surface area contributed by atoms with Crippen molar-refractivity contribution in [3.05, 3.63) is 30.9 Å². The minimum Gasteiger partial charge on any atom is -0.493 e. The highest BCUT2D eigenvalue weighted by atomic mass is 16.5. The summed E-state index contributed by atoms with van der Waals surface area (Å²) in [4.78, 5) is 2.16. The SMILES string of the molecule is C=CCCN(C)c1ccc(OC)c(OC)c1. The van der Waals surface area contributed by atoms with Crippen LogP contribution < -0.4 is 14.4 Å². The lowest BCUT2D eigenvalue weighted by atomic mass is 10.2. The highest BCUT2D eigenvalue weighted by molar-refractivity contribution is 5.56. The van der Waals surface area contributed by atoms with Gasteiger partial charge in [0.05, 0.1) is 14.2 Å². The summed E-state index contributed by atoms with van der Waals surface area (Å²) in [6, 6.07) is 5.91. The third-order valence-corrected chi connectivity index (χ3v) is 2.48. The summed E-state index contributed by atoms with van der Waals surface area (Å²) in [6.45, 7) is 4.66. The number of nitrogens with zero attached hydrogens (tertiary/aromatic N) is 1. The van der Waals surface area contributed by atoms with Gasteiger partial charge in [-0.25, -0.2) is 0 Å². The molecule has 0 bridgehead atoms. The molecule has 0 saturated heterocycles. The molecule has 0 spiro atoms. The largest absolute Gasteiger partial charge is 0.493 e. The number of ether oxygens (including phenoxy) is 2. The lowest BCUT2D eigenvalue weighted by molar-refractivity contribution is 0.355. The van der Waals surface area contributed by atoms with Crippen molar-refractivity contribution in [1.29, 1.82) is 0 Å². The molecule has 1 aromatic carbocycles. The lowest BCUT2D eigenvalue weighted by Crippen LogP contribution is -2.17. The summed E-state index contributed by atoms with van der Waals surface area (Å²) in [5.41, 5.74) is 1.11. The van der Waals surface area contributed by atoms with Gasteiger partial charge in [-0.2, -0.15) is 0 Å². The van der Waals surface area contributed by atoms with Gasteiger partial charge in [-0.15, -0.1) is 6.58 Å². The molecule has 3 nitrogen and oxygen atoms in total. The zero-order valence-electron chi connectivity index (χ0n) is 10.2. The molecule has 0 saturated carbocycles. The van der Waals surface area contributed by atoms with E-state index in [0.29, 0.717) is 0 Å². The molecular formula is C13H19NO2. The van der Waals surface area contributed by atoms with Crippen molar-refractivity contribution in [1.82, 2.24) is 0 Å². The van der Waals surface area contributed by atoms with Crippen LogP contribution in [0, 0.1) is 0 Å². The summed E-state index contributed by atoms with van der Waals surface area (Å²) >= 11 is 0. The Balaban J connectivity index is 2.85. The maximum Gasteiger partial charge on any atom is 0.162 e. The molecular weight excluding hydrogens is 202 g/mol. The van der Waals surface area contributed by atoms with Crippen LogP contribution in [0.4, 0.5) is 5.69 Å². The first-order chi connectivity index (χ1) is 7.72. The average Bonchev–Trinajstić information content (AvgIpc) is 2.34. The Morgan fingerprint density at radius 1 is 1.25 bits per heavy atom. The Bertz CT molecular complexity index is 350. The molecule has 0 unspecified atom stereocenters. The summed E-state index contributed by atoms with van der Waals surface area (Å²) in [5.74, 6) is 1.51. The second-order valence-corrected chi connectivity index (χ2v) is 3.54. The number of hydrogen-bond acceptors (Lipinski definition) is 3. The number of anilines is 1. The molecule has 0 aliphatic rings. The van der Waals surface area contributed by atoms with Crippen LogP contribution >= 0.6 is 0 Å². The van der Waals surface area contributed by atoms with E-state index in [0.717, 1.165) is 30.2 Å². The van der Waals surface area contributed by atoms with Crippen LogP contribution in [0.3, 0.4) is 0 Å². The van der Waals surface area contributed by atoms with Crippen molar-refractivity contribution in [2.24, 2.45) is 0 Å². The van der Waals surface area contributed by atoms with Crippen LogP contribution in [-0.4, -0.2) is 27.8 Å². The van der Waals surface area contributed by atoms with Crippen LogP contribution in [-0.2, 0) is 0 Å². The molecule has 0 N–H and O–H groups in total. The fraction of sp³-hybridized carbons (Fsp3) is 0.385. The highest BCUT2D eigenvalue weighted by Gasteiger charge is 2.06. The molecule has 0 heterocycles. The van der Waals surface area contributed by atoms with E-state index >= 15 is 0 Å². The van der Waals surface area contributed by atoms with Gasteiger partial charge in [0.1, 0.15) is 0 Å². The predicted molar refractivity (Wildman–Crippen MR) is 67.6 cm³/mol. The normalized spacial score (nSPS) is 9.69. The van der Waals surface area contributed by atoms with Crippen molar-refractivity contribution >= 4 is 5.69 Å². The standard InChI is InChI=1S/C13H19NO2/c1-5-6-9-14(2)11-7-8-12(15-3)13(10-11)16-4/h5,7-8,10H,1,6,9H2,2-4H3. The number of benzene rings is 1. The minimum atomic E-state index is 0.753. The molecule has 0 aromatic heterocycles. The van der Waals surface area contributed by atoms with E-state index in [1.54, 1.807) is 14.2 Å². The third kappa shape index (κ3) is 2.92. The molecule has 0 atom stereocenters. The van der Waals surface area contributed by atoms with E-state index in [2.05, 4.69) is 11.5 Å². The van der Waals surface area contributed by atoms with Crippen molar-refractivity contribution in [3.8, 4) is 11.5 Å². The lowest BCUT2D eigenvalue weighted by Gasteiger charge is -2.19. The fourth-order valence-electron chi connectivity index (χ4n) is 1.48. The Labute approximate surface area is 97.3 Å². The average molecular weight is 221 g/mol. The maximum atomic E-state index is 5.26. The Morgan fingerprint density at radius 3 is 2.50 bits per heavy atom. The van der Waals surface area contributed by atoms with Gasteiger partial charge in [-0.3, -0.25) is 0 Å². The van der Waals surface area contributed by atoms with Crippen LogP contribution in [0.2, 0.25) is 0 Å². The third-order valence-electron chi connectivity index (χ3n) is 2.48. The second-order valence-electron chi connectivity index (χ2n) is 3.54. The first kappa shape index (κ1) is 12.4. The van der Waals surface area contributed by atoms with E-state index in [1.807, 2.05) is 31.3 Å². The predicted octanol–water partition coefficient (Wildman–Crippen LogP) is 2.72. The quantitative estimate of drug-likeness (QED) is 0.689. The summed E-state index contributed by atoms with van der Waals surface area (Å²) in [7, 11) is 5.33. The van der Waals surface area contributed by atoms with Gasteiger partial charge in [0, 0.05) is 25.3 Å². The molecule has 0 aliphatic heterocycles. The van der Waals surface area contributed by atoms with Crippen LogP contribution in [0.15, 0.2) is 30.9 Å². The van der Waals surface area contributed by atoms with Crippen molar-refractivity contribution < 1.29 is 9.47 Å². The van der Waals surface area contributed by atoms with Crippen LogP contribution in [0.25, 0.3) is 0 Å². The summed E-state index contributed by atoms with van der Waals surface area (Å²) in [6.07, 6.45) is 2.88. The fourth-order valence-corrected chi connectivity index (χ4v) is 1.48. The molecule has 3 heteroatoms. The topological polar surface area (TPSA) is 21.7 Å². The Morgan fingerprint density at radius 2 is 1.94 bits per heavy atom. The van der Waals surface area contributed by atoms with E-state index in [1.165, 1.54) is 0 Å². The van der Waals surface area contributed by atoms with Crippen molar-refractivity contribution in [2.45, 2.75) is 6.42 Å². The monoisotopic (exact) mass is 221 g/mol. The van der Waals surface area contributed by atoms with E-state index in [4.69, 9.17) is 9.47 Å². The summed E-state index contributed by atoms with van der Waals surface area (Å²) < 4.78 is 10.5. The maximum absolute atomic E-state index is 5.26. The Hall–Kier alpha value is -1.64. The number of hydrogen-bond donors (Lipinski definition) is 0. The number of methoxy groups -OCH3 is 2. The van der Waals surface area contributed by atoms with Gasteiger partial charge in [0.2, 0.25) is 0 Å². The molecule has 88 valence electrons. The molecule has 0 aliphatic carbocycles. The van der Waals surface area contributed by atoms with Crippen LogP contribution in [0.5, 0.6) is 11.5 Å². The van der Waals surface area contributed by atoms with Gasteiger partial charge >= 0.3 is 0 Å². The second kappa shape index (κ2) is 6.05. The van der Waals surface area contributed by atoms with E-state index in [-0.39, 0.29) is 0 Å². The minimum absolute atomic E-state index is 0.753. The van der Waals surface area contributed by atoms with Gasteiger partial charge in [0.25, 0.3) is 0 Å².